The van der Waals surface area contributed by atoms with Crippen LogP contribution in [0.1, 0.15) is 28.9 Å². The van der Waals surface area contributed by atoms with Crippen molar-refractivity contribution in [1.29, 1.82) is 0 Å². The molecule has 0 spiro atoms. The summed E-state index contributed by atoms with van der Waals surface area (Å²) in [7, 11) is 0. The summed E-state index contributed by atoms with van der Waals surface area (Å²) in [5.74, 6) is 1.32. The lowest BCUT2D eigenvalue weighted by Gasteiger charge is -2.18. The summed E-state index contributed by atoms with van der Waals surface area (Å²) in [6.07, 6.45) is 6.97. The average molecular weight is 454 g/mol. The van der Waals surface area contributed by atoms with Gasteiger partial charge in [0.1, 0.15) is 11.7 Å². The first-order valence-electron chi connectivity index (χ1n) is 10.8. The van der Waals surface area contributed by atoms with E-state index in [1.54, 1.807) is 29.3 Å². The van der Waals surface area contributed by atoms with Crippen LogP contribution in [0.3, 0.4) is 0 Å². The number of tetrazole rings is 1. The highest BCUT2D eigenvalue weighted by Crippen LogP contribution is 2.24. The number of aromatic nitrogens is 8. The van der Waals surface area contributed by atoms with Crippen LogP contribution in [0.15, 0.2) is 84.3 Å². The lowest BCUT2D eigenvalue weighted by molar-refractivity contribution is 0.365. The van der Waals surface area contributed by atoms with Crippen molar-refractivity contribution in [1.82, 2.24) is 45.4 Å². The van der Waals surface area contributed by atoms with Gasteiger partial charge in [0.05, 0.1) is 30.7 Å². The Bertz CT molecular complexity index is 1370. The second-order valence-electron chi connectivity index (χ2n) is 7.75. The van der Waals surface area contributed by atoms with Crippen LogP contribution in [0.2, 0.25) is 0 Å². The Morgan fingerprint density at radius 2 is 2.03 bits per heavy atom. The smallest absolute Gasteiger partial charge is 0.174 e. The van der Waals surface area contributed by atoms with Gasteiger partial charge < -0.3 is 4.52 Å². The zero-order valence-electron chi connectivity index (χ0n) is 18.6. The number of hydrogen-bond donors (Lipinski definition) is 1. The van der Waals surface area contributed by atoms with Crippen LogP contribution >= 0.6 is 0 Å². The molecular formula is C24H23N9O. The second kappa shape index (κ2) is 9.59. The summed E-state index contributed by atoms with van der Waals surface area (Å²) in [4.78, 5) is 4.22. The third-order valence-electron chi connectivity index (χ3n) is 5.36. The van der Waals surface area contributed by atoms with Crippen LogP contribution < -0.4 is 5.32 Å². The number of allylic oxidation sites excluding steroid dienone is 1. The number of aryl methyl sites for hydroxylation is 1. The van der Waals surface area contributed by atoms with E-state index in [4.69, 9.17) is 4.52 Å². The van der Waals surface area contributed by atoms with Gasteiger partial charge in [-0.25, -0.2) is 9.36 Å². The molecule has 0 bridgehead atoms. The molecule has 170 valence electrons. The molecular weight excluding hydrogens is 430 g/mol. The summed E-state index contributed by atoms with van der Waals surface area (Å²) in [6.45, 7) is 6.74. The molecule has 5 rings (SSSR count). The van der Waals surface area contributed by atoms with Crippen LogP contribution in [-0.2, 0) is 13.1 Å². The van der Waals surface area contributed by atoms with Gasteiger partial charge in [0.15, 0.2) is 11.6 Å². The zero-order chi connectivity index (χ0) is 23.3. The lowest BCUT2D eigenvalue weighted by atomic mass is 10.1. The fourth-order valence-electron chi connectivity index (χ4n) is 3.68. The van der Waals surface area contributed by atoms with Crippen LogP contribution in [0.25, 0.3) is 16.9 Å². The molecule has 0 radical (unpaired) electrons. The highest BCUT2D eigenvalue weighted by molar-refractivity contribution is 5.59. The van der Waals surface area contributed by atoms with Crippen molar-refractivity contribution in [2.24, 2.45) is 0 Å². The largest absolute Gasteiger partial charge is 0.359 e. The maximum atomic E-state index is 5.61. The van der Waals surface area contributed by atoms with E-state index in [9.17, 15) is 0 Å². The Hall–Kier alpha value is -4.44. The first kappa shape index (κ1) is 21.4. The molecule has 4 aromatic heterocycles. The van der Waals surface area contributed by atoms with Crippen LogP contribution in [0.5, 0.6) is 0 Å². The SMILES string of the molecule is C=CCn1nnnc1C(NCc1cc(-c2ccc(C)cc2)no1)c1ccnn1-c1cccnc1. The van der Waals surface area contributed by atoms with E-state index in [-0.39, 0.29) is 6.04 Å². The van der Waals surface area contributed by atoms with Crippen LogP contribution in [0, 0.1) is 6.92 Å². The topological polar surface area (TPSA) is 112 Å². The molecule has 1 atom stereocenters. The summed E-state index contributed by atoms with van der Waals surface area (Å²) in [5, 5.41) is 24.5. The van der Waals surface area contributed by atoms with Crippen molar-refractivity contribution >= 4 is 0 Å². The fraction of sp³-hybridized carbons (Fsp3) is 0.167. The maximum absolute atomic E-state index is 5.61. The third-order valence-corrected chi connectivity index (χ3v) is 5.36. The molecule has 1 aromatic carbocycles. The van der Waals surface area contributed by atoms with Crippen molar-refractivity contribution in [3.8, 4) is 16.9 Å². The molecule has 4 heterocycles. The van der Waals surface area contributed by atoms with E-state index >= 15 is 0 Å². The van der Waals surface area contributed by atoms with Gasteiger partial charge in [-0.2, -0.15) is 5.10 Å². The first-order chi connectivity index (χ1) is 16.7. The van der Waals surface area contributed by atoms with Gasteiger partial charge in [-0.05, 0) is 35.5 Å². The highest BCUT2D eigenvalue weighted by Gasteiger charge is 2.25. The Morgan fingerprint density at radius 1 is 1.15 bits per heavy atom. The number of pyridine rings is 1. The number of rotatable bonds is 9. The Morgan fingerprint density at radius 3 is 2.82 bits per heavy atom. The van der Waals surface area contributed by atoms with Gasteiger partial charge in [-0.1, -0.05) is 41.1 Å². The molecule has 10 heteroatoms. The number of nitrogens with zero attached hydrogens (tertiary/aromatic N) is 8. The maximum Gasteiger partial charge on any atom is 0.174 e. The van der Waals surface area contributed by atoms with Crippen molar-refractivity contribution in [2.45, 2.75) is 26.1 Å². The molecule has 5 aromatic rings. The minimum absolute atomic E-state index is 0.384. The van der Waals surface area contributed by atoms with Crippen molar-refractivity contribution in [3.05, 3.63) is 103 Å². The molecule has 34 heavy (non-hydrogen) atoms. The predicted octanol–water partition coefficient (Wildman–Crippen LogP) is 3.28. The van der Waals surface area contributed by atoms with Crippen molar-refractivity contribution < 1.29 is 4.52 Å². The minimum Gasteiger partial charge on any atom is -0.359 e. The standard InChI is InChI=1S/C24H23N9O/c1-3-13-32-24(28-30-31-32)23(22-10-12-27-33(22)19-5-4-11-25-15-19)26-16-20-14-21(29-34-20)18-8-6-17(2)7-9-18/h3-12,14-15,23,26H,1,13,16H2,2H3. The molecule has 0 fully saturated rings. The van der Waals surface area contributed by atoms with E-state index in [2.05, 4.69) is 61.7 Å². The molecule has 1 unspecified atom stereocenters. The highest BCUT2D eigenvalue weighted by atomic mass is 16.5. The van der Waals surface area contributed by atoms with E-state index in [0.29, 0.717) is 24.7 Å². The van der Waals surface area contributed by atoms with Gasteiger partial charge in [-0.3, -0.25) is 10.3 Å². The van der Waals surface area contributed by atoms with E-state index in [1.807, 2.05) is 41.1 Å². The Balaban J connectivity index is 1.45. The van der Waals surface area contributed by atoms with Crippen molar-refractivity contribution in [2.75, 3.05) is 0 Å². The number of nitrogens with one attached hydrogen (secondary N) is 1. The molecule has 0 saturated heterocycles. The van der Waals surface area contributed by atoms with Gasteiger partial charge in [0, 0.05) is 24.0 Å². The molecule has 0 saturated carbocycles. The third kappa shape index (κ3) is 4.39. The quantitative estimate of drug-likeness (QED) is 0.338. The average Bonchev–Trinajstić information content (AvgIpc) is 3.63. The molecule has 0 aliphatic heterocycles. The summed E-state index contributed by atoms with van der Waals surface area (Å²) < 4.78 is 9.12. The van der Waals surface area contributed by atoms with Gasteiger partial charge in [0.2, 0.25) is 0 Å². The second-order valence-corrected chi connectivity index (χ2v) is 7.75. The van der Waals surface area contributed by atoms with Gasteiger partial charge >= 0.3 is 0 Å². The summed E-state index contributed by atoms with van der Waals surface area (Å²) in [6, 6.07) is 15.4. The van der Waals surface area contributed by atoms with Crippen molar-refractivity contribution in [3.63, 3.8) is 0 Å². The molecule has 0 aliphatic carbocycles. The molecule has 10 nitrogen and oxygen atoms in total. The first-order valence-corrected chi connectivity index (χ1v) is 10.8. The molecule has 1 N–H and O–H groups in total. The summed E-state index contributed by atoms with van der Waals surface area (Å²) in [5.41, 5.74) is 4.66. The minimum atomic E-state index is -0.384. The lowest BCUT2D eigenvalue weighted by Crippen LogP contribution is -2.27. The number of benzene rings is 1. The monoisotopic (exact) mass is 453 g/mol. The zero-order valence-corrected chi connectivity index (χ0v) is 18.6. The van der Waals surface area contributed by atoms with Crippen LogP contribution in [-0.4, -0.2) is 40.1 Å². The van der Waals surface area contributed by atoms with E-state index < -0.39 is 0 Å². The molecule has 0 aliphatic rings. The summed E-state index contributed by atoms with van der Waals surface area (Å²) >= 11 is 0. The normalized spacial score (nSPS) is 12.0. The van der Waals surface area contributed by atoms with Crippen LogP contribution in [0.4, 0.5) is 0 Å². The Kier molecular flexibility index (Phi) is 6.04. The molecule has 0 amide bonds. The fourth-order valence-corrected chi connectivity index (χ4v) is 3.68. The Labute approximate surface area is 195 Å². The predicted molar refractivity (Wildman–Crippen MR) is 125 cm³/mol. The van der Waals surface area contributed by atoms with Gasteiger partial charge in [-0.15, -0.1) is 11.7 Å². The number of hydrogen-bond acceptors (Lipinski definition) is 8. The van der Waals surface area contributed by atoms with E-state index in [1.165, 1.54) is 5.56 Å². The van der Waals surface area contributed by atoms with E-state index in [0.717, 1.165) is 22.6 Å². The van der Waals surface area contributed by atoms with Gasteiger partial charge in [0.25, 0.3) is 0 Å².